The minimum absolute atomic E-state index is 0.101. The second-order valence-corrected chi connectivity index (χ2v) is 6.55. The molecule has 0 unspecified atom stereocenters. The molecule has 1 fully saturated rings. The minimum atomic E-state index is -0.120. The lowest BCUT2D eigenvalue weighted by Gasteiger charge is -2.14. The first kappa shape index (κ1) is 17.8. The van der Waals surface area contributed by atoms with Crippen molar-refractivity contribution >= 4 is 17.6 Å². The number of hydrogen-bond donors (Lipinski definition) is 2. The van der Waals surface area contributed by atoms with Crippen molar-refractivity contribution in [1.82, 2.24) is 20.4 Å². The summed E-state index contributed by atoms with van der Waals surface area (Å²) >= 11 is 0. The van der Waals surface area contributed by atoms with Gasteiger partial charge < -0.3 is 10.6 Å². The maximum atomic E-state index is 12.3. The predicted octanol–water partition coefficient (Wildman–Crippen LogP) is 2.37. The Morgan fingerprint density at radius 1 is 1.07 bits per heavy atom. The molecule has 0 spiro atoms. The first-order valence-corrected chi connectivity index (χ1v) is 9.23. The number of rotatable bonds is 6. The third kappa shape index (κ3) is 3.88. The summed E-state index contributed by atoms with van der Waals surface area (Å²) in [4.78, 5) is 25.7. The van der Waals surface area contributed by atoms with Gasteiger partial charge in [0.05, 0.1) is 5.69 Å². The Kier molecular flexibility index (Phi) is 5.05. The number of carbonyl (C=O) groups excluding carboxylic acids is 2. The van der Waals surface area contributed by atoms with Crippen LogP contribution in [-0.4, -0.2) is 41.4 Å². The molecule has 1 aliphatic heterocycles. The summed E-state index contributed by atoms with van der Waals surface area (Å²) in [6.07, 6.45) is 4.39. The van der Waals surface area contributed by atoms with E-state index in [2.05, 4.69) is 15.7 Å². The van der Waals surface area contributed by atoms with Crippen LogP contribution in [0.25, 0.3) is 5.69 Å². The summed E-state index contributed by atoms with van der Waals surface area (Å²) in [7, 11) is 0. The summed E-state index contributed by atoms with van der Waals surface area (Å²) in [5, 5.41) is 9.91. The van der Waals surface area contributed by atoms with Crippen molar-refractivity contribution in [2.45, 2.75) is 6.42 Å². The van der Waals surface area contributed by atoms with E-state index in [0.29, 0.717) is 25.2 Å². The largest absolute Gasteiger partial charge is 0.352 e. The second kappa shape index (κ2) is 7.96. The van der Waals surface area contributed by atoms with Gasteiger partial charge in [0.1, 0.15) is 0 Å². The Hall–Kier alpha value is -3.61. The summed E-state index contributed by atoms with van der Waals surface area (Å²) in [5.74, 6) is -0.120. The van der Waals surface area contributed by atoms with Crippen molar-refractivity contribution in [2.24, 2.45) is 0 Å². The molecule has 4 rings (SSSR count). The number of hydrogen-bond acceptors (Lipinski definition) is 3. The van der Waals surface area contributed by atoms with Crippen LogP contribution in [0.2, 0.25) is 0 Å². The Balaban J connectivity index is 1.29. The normalized spacial score (nSPS) is 13.4. The van der Waals surface area contributed by atoms with Gasteiger partial charge in [0.2, 0.25) is 0 Å². The minimum Gasteiger partial charge on any atom is -0.352 e. The number of urea groups is 1. The van der Waals surface area contributed by atoms with Crippen LogP contribution in [0.3, 0.4) is 0 Å². The fourth-order valence-electron chi connectivity index (χ4n) is 3.17. The van der Waals surface area contributed by atoms with E-state index in [1.165, 1.54) is 0 Å². The van der Waals surface area contributed by atoms with Gasteiger partial charge in [-0.1, -0.05) is 12.1 Å². The first-order valence-electron chi connectivity index (χ1n) is 9.23. The van der Waals surface area contributed by atoms with Gasteiger partial charge in [0.15, 0.2) is 0 Å². The Morgan fingerprint density at radius 2 is 1.82 bits per heavy atom. The van der Waals surface area contributed by atoms with E-state index in [1.54, 1.807) is 40.0 Å². The molecular weight excluding hydrogens is 354 g/mol. The van der Waals surface area contributed by atoms with Gasteiger partial charge in [-0.2, -0.15) is 5.10 Å². The molecule has 28 heavy (non-hydrogen) atoms. The zero-order valence-corrected chi connectivity index (χ0v) is 15.3. The number of amides is 3. The molecule has 0 bridgehead atoms. The highest BCUT2D eigenvalue weighted by atomic mass is 16.2. The van der Waals surface area contributed by atoms with E-state index in [4.69, 9.17) is 0 Å². The van der Waals surface area contributed by atoms with Crippen LogP contribution in [0.5, 0.6) is 0 Å². The molecule has 1 aliphatic rings. The molecular formula is C21H21N5O2. The standard InChI is InChI=1S/C21H21N5O2/c27-20(17-4-8-18(9-5-17)25-15-13-23-21(25)28)22-12-10-16-2-6-19(7-3-16)26-14-1-11-24-26/h1-9,11,14H,10,12-13,15H2,(H,22,27)(H,23,28). The number of benzene rings is 2. The van der Waals surface area contributed by atoms with Crippen LogP contribution in [0.4, 0.5) is 10.5 Å². The van der Waals surface area contributed by atoms with E-state index in [9.17, 15) is 9.59 Å². The van der Waals surface area contributed by atoms with E-state index < -0.39 is 0 Å². The number of anilines is 1. The van der Waals surface area contributed by atoms with Gasteiger partial charge in [0, 0.05) is 43.3 Å². The van der Waals surface area contributed by atoms with Gasteiger partial charge >= 0.3 is 6.03 Å². The third-order valence-electron chi connectivity index (χ3n) is 4.70. The fraction of sp³-hybridized carbons (Fsp3) is 0.190. The predicted molar refractivity (Wildman–Crippen MR) is 107 cm³/mol. The molecule has 0 aliphatic carbocycles. The zero-order chi connectivity index (χ0) is 19.3. The molecule has 0 atom stereocenters. The fourth-order valence-corrected chi connectivity index (χ4v) is 3.17. The molecule has 3 aromatic rings. The molecule has 0 radical (unpaired) electrons. The molecule has 7 nitrogen and oxygen atoms in total. The van der Waals surface area contributed by atoms with Crippen LogP contribution >= 0.6 is 0 Å². The van der Waals surface area contributed by atoms with Gasteiger partial charge in [-0.25, -0.2) is 9.48 Å². The molecule has 2 heterocycles. The Bertz CT molecular complexity index is 949. The van der Waals surface area contributed by atoms with Crippen LogP contribution < -0.4 is 15.5 Å². The van der Waals surface area contributed by atoms with Crippen molar-refractivity contribution < 1.29 is 9.59 Å². The number of nitrogens with one attached hydrogen (secondary N) is 2. The zero-order valence-electron chi connectivity index (χ0n) is 15.3. The summed E-state index contributed by atoms with van der Waals surface area (Å²) in [6.45, 7) is 1.84. The van der Waals surface area contributed by atoms with Gasteiger partial charge in [0.25, 0.3) is 5.91 Å². The maximum Gasteiger partial charge on any atom is 0.321 e. The highest BCUT2D eigenvalue weighted by Gasteiger charge is 2.21. The molecule has 3 amide bonds. The van der Waals surface area contributed by atoms with E-state index in [1.807, 2.05) is 36.5 Å². The van der Waals surface area contributed by atoms with Gasteiger partial charge in [-0.15, -0.1) is 0 Å². The van der Waals surface area contributed by atoms with Crippen molar-refractivity contribution in [3.63, 3.8) is 0 Å². The molecule has 142 valence electrons. The molecule has 2 aromatic carbocycles. The first-order chi connectivity index (χ1) is 13.7. The summed E-state index contributed by atoms with van der Waals surface area (Å²) in [6, 6.07) is 17.0. The number of aromatic nitrogens is 2. The lowest BCUT2D eigenvalue weighted by atomic mass is 10.1. The number of nitrogens with zero attached hydrogens (tertiary/aromatic N) is 3. The van der Waals surface area contributed by atoms with Gasteiger partial charge in [-0.3, -0.25) is 9.69 Å². The van der Waals surface area contributed by atoms with Crippen molar-refractivity contribution in [2.75, 3.05) is 24.5 Å². The Labute approximate surface area is 163 Å². The monoisotopic (exact) mass is 375 g/mol. The molecule has 7 heteroatoms. The second-order valence-electron chi connectivity index (χ2n) is 6.55. The Morgan fingerprint density at radius 3 is 2.46 bits per heavy atom. The van der Waals surface area contributed by atoms with Crippen molar-refractivity contribution in [3.8, 4) is 5.69 Å². The molecule has 1 saturated heterocycles. The van der Waals surface area contributed by atoms with E-state index in [0.717, 1.165) is 23.4 Å². The molecule has 0 saturated carbocycles. The maximum absolute atomic E-state index is 12.3. The third-order valence-corrected chi connectivity index (χ3v) is 4.70. The van der Waals surface area contributed by atoms with Crippen molar-refractivity contribution in [1.29, 1.82) is 0 Å². The topological polar surface area (TPSA) is 79.3 Å². The van der Waals surface area contributed by atoms with E-state index in [-0.39, 0.29) is 11.9 Å². The summed E-state index contributed by atoms with van der Waals surface area (Å²) < 4.78 is 1.81. The smallest absolute Gasteiger partial charge is 0.321 e. The van der Waals surface area contributed by atoms with E-state index >= 15 is 0 Å². The van der Waals surface area contributed by atoms with Crippen molar-refractivity contribution in [3.05, 3.63) is 78.1 Å². The molecule has 2 N–H and O–H groups in total. The van der Waals surface area contributed by atoms with Crippen LogP contribution in [0, 0.1) is 0 Å². The van der Waals surface area contributed by atoms with Crippen LogP contribution in [-0.2, 0) is 6.42 Å². The quantitative estimate of drug-likeness (QED) is 0.694. The lowest BCUT2D eigenvalue weighted by Crippen LogP contribution is -2.28. The van der Waals surface area contributed by atoms with Crippen LogP contribution in [0.15, 0.2) is 67.0 Å². The number of carbonyl (C=O) groups is 2. The van der Waals surface area contributed by atoms with Crippen LogP contribution in [0.1, 0.15) is 15.9 Å². The molecule has 1 aromatic heterocycles. The van der Waals surface area contributed by atoms with Gasteiger partial charge in [-0.05, 0) is 54.4 Å². The average Bonchev–Trinajstić information content (AvgIpc) is 3.40. The summed E-state index contributed by atoms with van der Waals surface area (Å²) in [5.41, 5.74) is 3.53. The SMILES string of the molecule is O=C(NCCc1ccc(-n2cccn2)cc1)c1ccc(N2CCNC2=O)cc1. The average molecular weight is 375 g/mol. The highest BCUT2D eigenvalue weighted by Crippen LogP contribution is 2.17. The lowest BCUT2D eigenvalue weighted by molar-refractivity contribution is 0.0954. The highest BCUT2D eigenvalue weighted by molar-refractivity contribution is 5.97.